The summed E-state index contributed by atoms with van der Waals surface area (Å²) in [5.74, 6) is 0. The first kappa shape index (κ1) is 46.8. The average Bonchev–Trinajstić information content (AvgIpc) is 3.07. The average molecular weight is 672 g/mol. The lowest BCUT2D eigenvalue weighted by Gasteiger charge is -2.22. The summed E-state index contributed by atoms with van der Waals surface area (Å²) in [4.78, 5) is 2.02. The zero-order valence-corrected chi connectivity index (χ0v) is 32.0. The number of nitrogens with zero attached hydrogens (tertiary/aromatic N) is 1. The van der Waals surface area contributed by atoms with Gasteiger partial charge in [0, 0.05) is 32.8 Å². The van der Waals surface area contributed by atoms with Gasteiger partial charge < -0.3 is 24.4 Å². The third kappa shape index (κ3) is 38.4. The monoisotopic (exact) mass is 672 g/mol. The van der Waals surface area contributed by atoms with E-state index in [0.29, 0.717) is 39.5 Å². The molecule has 0 heterocycles. The van der Waals surface area contributed by atoms with Crippen LogP contribution >= 0.6 is 0 Å². The summed E-state index contributed by atoms with van der Waals surface area (Å²) in [7, 11) is 0. The van der Waals surface area contributed by atoms with Gasteiger partial charge in [-0.2, -0.15) is 0 Å². The number of hydrogen-bond acceptors (Lipinski definition) is 6. The molecule has 0 spiro atoms. The zero-order chi connectivity index (χ0) is 34.1. The molecule has 6 nitrogen and oxygen atoms in total. The Labute approximate surface area is 294 Å². The summed E-state index contributed by atoms with van der Waals surface area (Å²) in [6.45, 7) is 9.86. The van der Waals surface area contributed by atoms with E-state index in [0.717, 1.165) is 26.1 Å². The van der Waals surface area contributed by atoms with Gasteiger partial charge in [-0.15, -0.1) is 0 Å². The molecule has 0 aromatic rings. The predicted molar refractivity (Wildman–Crippen MR) is 203 cm³/mol. The predicted octanol–water partition coefficient (Wildman–Crippen LogP) is 10.7. The zero-order valence-electron chi connectivity index (χ0n) is 32.0. The number of hydrogen-bond donors (Lipinski definition) is 2. The molecule has 0 aliphatic rings. The standard InChI is InChI=1S/C41H85NO5/c1-3-5-7-9-11-13-15-17-19-21-23-25-27-29-36-45-39-41(40-46-38-33-42(31-34-43)32-35-44)47-37-30-28-26-24-22-20-18-16-14-12-10-8-6-4-2/h41,43-44H,3-40H2,1-2H3. The molecule has 0 radical (unpaired) electrons. The minimum atomic E-state index is -0.0345. The van der Waals surface area contributed by atoms with Crippen LogP contribution in [0.15, 0.2) is 0 Å². The molecule has 0 rings (SSSR count). The van der Waals surface area contributed by atoms with Crippen molar-refractivity contribution in [3.63, 3.8) is 0 Å². The van der Waals surface area contributed by atoms with Crippen LogP contribution in [0.3, 0.4) is 0 Å². The van der Waals surface area contributed by atoms with Crippen LogP contribution in [0.4, 0.5) is 0 Å². The molecule has 284 valence electrons. The molecule has 0 aliphatic heterocycles. The van der Waals surface area contributed by atoms with Crippen LogP contribution in [-0.2, 0) is 14.2 Å². The second kappa shape index (κ2) is 41.9. The maximum absolute atomic E-state index is 9.24. The van der Waals surface area contributed by atoms with Crippen molar-refractivity contribution in [3.8, 4) is 0 Å². The fraction of sp³-hybridized carbons (Fsp3) is 1.00. The molecule has 47 heavy (non-hydrogen) atoms. The minimum Gasteiger partial charge on any atom is -0.395 e. The van der Waals surface area contributed by atoms with E-state index in [9.17, 15) is 10.2 Å². The molecule has 0 aliphatic carbocycles. The van der Waals surface area contributed by atoms with Crippen molar-refractivity contribution >= 4 is 0 Å². The Balaban J connectivity index is 3.94. The Hall–Kier alpha value is -0.240. The van der Waals surface area contributed by atoms with Crippen molar-refractivity contribution < 1.29 is 24.4 Å². The largest absolute Gasteiger partial charge is 0.395 e. The molecule has 1 atom stereocenters. The maximum atomic E-state index is 9.24. The lowest BCUT2D eigenvalue weighted by molar-refractivity contribution is -0.0635. The SMILES string of the molecule is CCCCCCCCCCCCCCCCOCC(COCCN(CCO)CCO)OCCCCCCCCCCCCCCCC. The summed E-state index contributed by atoms with van der Waals surface area (Å²) in [6.07, 6.45) is 38.2. The van der Waals surface area contributed by atoms with Crippen molar-refractivity contribution in [3.05, 3.63) is 0 Å². The topological polar surface area (TPSA) is 71.4 Å². The summed E-state index contributed by atoms with van der Waals surface area (Å²) < 4.78 is 18.2. The Morgan fingerprint density at radius 1 is 0.383 bits per heavy atom. The van der Waals surface area contributed by atoms with Gasteiger partial charge in [0.15, 0.2) is 0 Å². The van der Waals surface area contributed by atoms with Gasteiger partial charge >= 0.3 is 0 Å². The van der Waals surface area contributed by atoms with Crippen molar-refractivity contribution in [2.75, 3.05) is 65.9 Å². The first-order valence-electron chi connectivity index (χ1n) is 21.0. The quantitative estimate of drug-likeness (QED) is 0.0629. The molecule has 0 amide bonds. The van der Waals surface area contributed by atoms with Crippen LogP contribution in [0.2, 0.25) is 0 Å². The van der Waals surface area contributed by atoms with E-state index < -0.39 is 0 Å². The van der Waals surface area contributed by atoms with Crippen LogP contribution in [0.5, 0.6) is 0 Å². The second-order valence-corrected chi connectivity index (χ2v) is 14.1. The van der Waals surface area contributed by atoms with Crippen LogP contribution in [0.1, 0.15) is 194 Å². The Morgan fingerprint density at radius 2 is 0.702 bits per heavy atom. The van der Waals surface area contributed by atoms with Gasteiger partial charge in [0.1, 0.15) is 6.10 Å². The highest BCUT2D eigenvalue weighted by atomic mass is 16.6. The summed E-state index contributed by atoms with van der Waals surface area (Å²) >= 11 is 0. The molecule has 0 aromatic heterocycles. The van der Waals surface area contributed by atoms with Crippen LogP contribution in [0.25, 0.3) is 0 Å². The third-order valence-corrected chi connectivity index (χ3v) is 9.49. The van der Waals surface area contributed by atoms with Crippen LogP contribution in [-0.4, -0.2) is 87.1 Å². The molecule has 0 saturated carbocycles. The van der Waals surface area contributed by atoms with E-state index in [1.165, 1.54) is 167 Å². The number of aliphatic hydroxyl groups excluding tert-OH is 2. The van der Waals surface area contributed by atoms with E-state index >= 15 is 0 Å². The molecule has 0 fully saturated rings. The third-order valence-electron chi connectivity index (χ3n) is 9.49. The van der Waals surface area contributed by atoms with Gasteiger partial charge in [0.05, 0.1) is 33.0 Å². The first-order chi connectivity index (χ1) is 23.3. The molecule has 0 bridgehead atoms. The molecule has 0 aromatic carbocycles. The van der Waals surface area contributed by atoms with Gasteiger partial charge in [-0.05, 0) is 12.8 Å². The number of ether oxygens (including phenoxy) is 3. The van der Waals surface area contributed by atoms with Crippen molar-refractivity contribution in [1.82, 2.24) is 4.90 Å². The number of unbranched alkanes of at least 4 members (excludes halogenated alkanes) is 26. The second-order valence-electron chi connectivity index (χ2n) is 14.1. The van der Waals surface area contributed by atoms with E-state index in [2.05, 4.69) is 13.8 Å². The van der Waals surface area contributed by atoms with E-state index in [1.54, 1.807) is 0 Å². The first-order valence-corrected chi connectivity index (χ1v) is 21.0. The molecule has 2 N–H and O–H groups in total. The highest BCUT2D eigenvalue weighted by molar-refractivity contribution is 4.60. The Bertz CT molecular complexity index is 546. The van der Waals surface area contributed by atoms with Gasteiger partial charge in [-0.3, -0.25) is 4.90 Å². The van der Waals surface area contributed by atoms with Crippen molar-refractivity contribution in [1.29, 1.82) is 0 Å². The highest BCUT2D eigenvalue weighted by Crippen LogP contribution is 2.14. The van der Waals surface area contributed by atoms with E-state index in [-0.39, 0.29) is 19.3 Å². The fourth-order valence-electron chi connectivity index (χ4n) is 6.33. The summed E-state index contributed by atoms with van der Waals surface area (Å²) in [6, 6.07) is 0. The summed E-state index contributed by atoms with van der Waals surface area (Å²) in [5.41, 5.74) is 0. The molecule has 6 heteroatoms. The van der Waals surface area contributed by atoms with Gasteiger partial charge in [-0.1, -0.05) is 181 Å². The molecular weight excluding hydrogens is 586 g/mol. The van der Waals surface area contributed by atoms with Crippen LogP contribution < -0.4 is 0 Å². The molecule has 1 unspecified atom stereocenters. The summed E-state index contributed by atoms with van der Waals surface area (Å²) in [5, 5.41) is 18.5. The smallest absolute Gasteiger partial charge is 0.104 e. The Morgan fingerprint density at radius 3 is 1.06 bits per heavy atom. The number of rotatable bonds is 42. The Kier molecular flexibility index (Phi) is 41.7. The van der Waals surface area contributed by atoms with E-state index in [4.69, 9.17) is 14.2 Å². The lowest BCUT2D eigenvalue weighted by atomic mass is 10.0. The van der Waals surface area contributed by atoms with E-state index in [1.807, 2.05) is 4.90 Å². The lowest BCUT2D eigenvalue weighted by Crippen LogP contribution is -2.34. The highest BCUT2D eigenvalue weighted by Gasteiger charge is 2.11. The van der Waals surface area contributed by atoms with Crippen molar-refractivity contribution in [2.24, 2.45) is 0 Å². The van der Waals surface area contributed by atoms with Crippen LogP contribution in [0, 0.1) is 0 Å². The molecular formula is C41H85NO5. The maximum Gasteiger partial charge on any atom is 0.104 e. The van der Waals surface area contributed by atoms with Gasteiger partial charge in [0.25, 0.3) is 0 Å². The van der Waals surface area contributed by atoms with Crippen molar-refractivity contribution in [2.45, 2.75) is 200 Å². The van der Waals surface area contributed by atoms with Gasteiger partial charge in [0.2, 0.25) is 0 Å². The number of aliphatic hydroxyl groups is 2. The molecule has 0 saturated heterocycles. The normalized spacial score (nSPS) is 12.4. The minimum absolute atomic E-state index is 0.0345. The van der Waals surface area contributed by atoms with Gasteiger partial charge in [-0.25, -0.2) is 0 Å². The fourth-order valence-corrected chi connectivity index (χ4v) is 6.33.